The predicted octanol–water partition coefficient (Wildman–Crippen LogP) is 0.342. The first kappa shape index (κ1) is 8.71. The molecule has 0 bridgehead atoms. The lowest BCUT2D eigenvalue weighted by molar-refractivity contribution is 0.273. The summed E-state index contributed by atoms with van der Waals surface area (Å²) in [4.78, 5) is 0. The van der Waals surface area contributed by atoms with Gasteiger partial charge in [0.1, 0.15) is 0 Å². The van der Waals surface area contributed by atoms with Crippen LogP contribution in [0.5, 0.6) is 0 Å². The highest BCUT2D eigenvalue weighted by atomic mass is 16.3. The molecule has 0 spiro atoms. The largest absolute Gasteiger partial charge is 0.399 e. The average molecular weight is 190 g/mol. The molecule has 2 aromatic rings. The zero-order valence-corrected chi connectivity index (χ0v) is 7.46. The van der Waals surface area contributed by atoms with Crippen LogP contribution in [-0.4, -0.2) is 20.1 Å². The van der Waals surface area contributed by atoms with Crippen molar-refractivity contribution in [2.75, 3.05) is 5.73 Å². The molecule has 0 fully saturated rings. The molecule has 1 aromatic carbocycles. The molecule has 0 aliphatic heterocycles. The van der Waals surface area contributed by atoms with Gasteiger partial charge in [-0.15, -0.1) is 5.10 Å². The highest BCUT2D eigenvalue weighted by Gasteiger charge is 2.04. The first-order valence-corrected chi connectivity index (χ1v) is 4.17. The molecule has 3 N–H and O–H groups in total. The van der Waals surface area contributed by atoms with E-state index in [0.29, 0.717) is 11.4 Å². The fourth-order valence-electron chi connectivity index (χ4n) is 1.24. The number of rotatable bonds is 2. The van der Waals surface area contributed by atoms with E-state index in [9.17, 15) is 0 Å². The molecule has 0 saturated carbocycles. The lowest BCUT2D eigenvalue weighted by Crippen LogP contribution is -2.02. The number of hydrogen-bond acceptors (Lipinski definition) is 4. The van der Waals surface area contributed by atoms with Crippen LogP contribution in [0.2, 0.25) is 0 Å². The summed E-state index contributed by atoms with van der Waals surface area (Å²) in [6.07, 6.45) is 1.52. The van der Waals surface area contributed by atoms with Crippen LogP contribution >= 0.6 is 0 Å². The molecule has 0 amide bonds. The second-order valence-electron chi connectivity index (χ2n) is 2.89. The van der Waals surface area contributed by atoms with Gasteiger partial charge >= 0.3 is 0 Å². The van der Waals surface area contributed by atoms with E-state index >= 15 is 0 Å². The molecule has 5 nitrogen and oxygen atoms in total. The monoisotopic (exact) mass is 190 g/mol. The van der Waals surface area contributed by atoms with Crippen molar-refractivity contribution in [1.29, 1.82) is 0 Å². The van der Waals surface area contributed by atoms with Gasteiger partial charge in [0.05, 0.1) is 24.2 Å². The average Bonchev–Trinajstić information content (AvgIpc) is 2.65. The van der Waals surface area contributed by atoms with Crippen molar-refractivity contribution in [1.82, 2.24) is 15.0 Å². The van der Waals surface area contributed by atoms with Gasteiger partial charge < -0.3 is 10.8 Å². The zero-order valence-electron chi connectivity index (χ0n) is 7.46. The Kier molecular flexibility index (Phi) is 2.16. The van der Waals surface area contributed by atoms with Crippen LogP contribution in [0, 0.1) is 0 Å². The number of nitrogens with zero attached hydrogens (tertiary/aromatic N) is 3. The Morgan fingerprint density at radius 3 is 3.00 bits per heavy atom. The number of aliphatic hydroxyl groups is 1. The van der Waals surface area contributed by atoms with Crippen molar-refractivity contribution in [3.8, 4) is 5.69 Å². The molecule has 0 saturated heterocycles. The quantitative estimate of drug-likeness (QED) is 0.669. The van der Waals surface area contributed by atoms with Crippen LogP contribution < -0.4 is 5.73 Å². The molecule has 0 aliphatic rings. The molecule has 1 aromatic heterocycles. The topological polar surface area (TPSA) is 77.0 Å². The molecule has 0 aliphatic carbocycles. The van der Waals surface area contributed by atoms with Crippen molar-refractivity contribution < 1.29 is 5.11 Å². The number of aliphatic hydroxyl groups excluding tert-OH is 1. The van der Waals surface area contributed by atoms with Gasteiger partial charge in [-0.3, -0.25) is 0 Å². The van der Waals surface area contributed by atoms with Gasteiger partial charge in [0.2, 0.25) is 0 Å². The van der Waals surface area contributed by atoms with Gasteiger partial charge in [-0.1, -0.05) is 11.3 Å². The molecule has 0 unspecified atom stereocenters. The molecule has 0 radical (unpaired) electrons. The van der Waals surface area contributed by atoms with Gasteiger partial charge in [-0.2, -0.15) is 0 Å². The van der Waals surface area contributed by atoms with E-state index < -0.39 is 0 Å². The van der Waals surface area contributed by atoms with Gasteiger partial charge in [-0.25, -0.2) is 4.68 Å². The minimum atomic E-state index is -0.0954. The molecule has 2 rings (SSSR count). The van der Waals surface area contributed by atoms with E-state index in [0.717, 1.165) is 5.69 Å². The van der Waals surface area contributed by atoms with Crippen LogP contribution in [0.3, 0.4) is 0 Å². The molecule has 72 valence electrons. The van der Waals surface area contributed by atoms with Crippen LogP contribution in [-0.2, 0) is 6.61 Å². The Labute approximate surface area is 80.8 Å². The Balaban J connectivity index is 2.49. The predicted molar refractivity (Wildman–Crippen MR) is 51.7 cm³/mol. The molecule has 0 atom stereocenters. The maximum atomic E-state index is 9.01. The number of benzene rings is 1. The van der Waals surface area contributed by atoms with E-state index in [1.54, 1.807) is 16.8 Å². The minimum Gasteiger partial charge on any atom is -0.399 e. The highest BCUT2D eigenvalue weighted by molar-refractivity contribution is 5.47. The summed E-state index contributed by atoms with van der Waals surface area (Å²) in [6, 6.07) is 7.24. The van der Waals surface area contributed by atoms with Crippen LogP contribution in [0.15, 0.2) is 30.5 Å². The van der Waals surface area contributed by atoms with Gasteiger partial charge in [0, 0.05) is 5.69 Å². The van der Waals surface area contributed by atoms with Crippen molar-refractivity contribution in [3.05, 3.63) is 36.2 Å². The number of anilines is 1. The Morgan fingerprint density at radius 1 is 1.43 bits per heavy atom. The highest BCUT2D eigenvalue weighted by Crippen LogP contribution is 2.12. The Morgan fingerprint density at radius 2 is 2.29 bits per heavy atom. The van der Waals surface area contributed by atoms with Crippen molar-refractivity contribution in [3.63, 3.8) is 0 Å². The van der Waals surface area contributed by atoms with E-state index in [1.807, 2.05) is 12.1 Å². The second kappa shape index (κ2) is 3.47. The molecule has 5 heteroatoms. The van der Waals surface area contributed by atoms with Crippen LogP contribution in [0.4, 0.5) is 5.69 Å². The molecular weight excluding hydrogens is 180 g/mol. The number of nitrogen functional groups attached to an aromatic ring is 1. The first-order valence-electron chi connectivity index (χ1n) is 4.17. The third-order valence-electron chi connectivity index (χ3n) is 1.90. The summed E-state index contributed by atoms with van der Waals surface area (Å²) in [5.74, 6) is 0. The third-order valence-corrected chi connectivity index (χ3v) is 1.90. The molecule has 14 heavy (non-hydrogen) atoms. The van der Waals surface area contributed by atoms with Gasteiger partial charge in [-0.05, 0) is 18.2 Å². The maximum absolute atomic E-state index is 9.01. The minimum absolute atomic E-state index is 0.0954. The normalized spacial score (nSPS) is 10.4. The SMILES string of the molecule is Nc1cccc(-n2nncc2CO)c1. The fourth-order valence-corrected chi connectivity index (χ4v) is 1.24. The van der Waals surface area contributed by atoms with Crippen LogP contribution in [0.25, 0.3) is 5.69 Å². The van der Waals surface area contributed by atoms with E-state index in [2.05, 4.69) is 10.3 Å². The number of aromatic nitrogens is 3. The summed E-state index contributed by atoms with van der Waals surface area (Å²) >= 11 is 0. The smallest absolute Gasteiger partial charge is 0.0900 e. The fraction of sp³-hybridized carbons (Fsp3) is 0.111. The van der Waals surface area contributed by atoms with Crippen LogP contribution in [0.1, 0.15) is 5.69 Å². The summed E-state index contributed by atoms with van der Waals surface area (Å²) < 4.78 is 1.55. The van der Waals surface area contributed by atoms with Gasteiger partial charge in [0.15, 0.2) is 0 Å². The van der Waals surface area contributed by atoms with Crippen molar-refractivity contribution in [2.45, 2.75) is 6.61 Å². The van der Waals surface area contributed by atoms with Crippen molar-refractivity contribution in [2.24, 2.45) is 0 Å². The summed E-state index contributed by atoms with van der Waals surface area (Å²) in [7, 11) is 0. The summed E-state index contributed by atoms with van der Waals surface area (Å²) in [5.41, 5.74) is 7.72. The second-order valence-corrected chi connectivity index (χ2v) is 2.89. The lowest BCUT2D eigenvalue weighted by Gasteiger charge is -2.04. The van der Waals surface area contributed by atoms with Crippen molar-refractivity contribution >= 4 is 5.69 Å². The summed E-state index contributed by atoms with van der Waals surface area (Å²) in [6.45, 7) is -0.0954. The van der Waals surface area contributed by atoms with E-state index in [-0.39, 0.29) is 6.61 Å². The van der Waals surface area contributed by atoms with E-state index in [1.165, 1.54) is 6.20 Å². The molecular formula is C9H10N4O. The lowest BCUT2D eigenvalue weighted by atomic mass is 10.3. The number of nitrogens with two attached hydrogens (primary N) is 1. The zero-order chi connectivity index (χ0) is 9.97. The standard InChI is InChI=1S/C9H10N4O/c10-7-2-1-3-8(4-7)13-9(6-14)5-11-12-13/h1-5,14H,6,10H2. The van der Waals surface area contributed by atoms with E-state index in [4.69, 9.17) is 10.8 Å². The van der Waals surface area contributed by atoms with Gasteiger partial charge in [0.25, 0.3) is 0 Å². The maximum Gasteiger partial charge on any atom is 0.0900 e. The Hall–Kier alpha value is -1.88. The number of hydrogen-bond donors (Lipinski definition) is 2. The first-order chi connectivity index (χ1) is 6.81. The third kappa shape index (κ3) is 1.45. The Bertz CT molecular complexity index is 438. The summed E-state index contributed by atoms with van der Waals surface area (Å²) in [5, 5.41) is 16.6. The molecule has 1 heterocycles.